The lowest BCUT2D eigenvalue weighted by atomic mass is 9.93. The number of hydrogen-bond acceptors (Lipinski definition) is 11. The number of rotatable bonds is 23. The number of hydrogen-bond donors (Lipinski definition) is 1. The monoisotopic (exact) mass is 1060 g/mol. The van der Waals surface area contributed by atoms with E-state index < -0.39 is 28.2 Å². The van der Waals surface area contributed by atoms with Gasteiger partial charge in [0.1, 0.15) is 68.7 Å². The molecular weight excluding hydrogens is 1000 g/mol. The highest BCUT2D eigenvalue weighted by molar-refractivity contribution is 7.92. The zero-order valence-corrected chi connectivity index (χ0v) is 43.7. The molecule has 78 heavy (non-hydrogen) atoms. The second kappa shape index (κ2) is 25.1. The van der Waals surface area contributed by atoms with Crippen LogP contribution in [0.4, 0.5) is 5.69 Å². The van der Waals surface area contributed by atoms with Gasteiger partial charge in [-0.25, -0.2) is 13.2 Å². The topological polar surface area (TPSA) is 137 Å². The van der Waals surface area contributed by atoms with E-state index in [4.69, 9.17) is 37.9 Å². The van der Waals surface area contributed by atoms with Crippen LogP contribution in [0, 0.1) is 0 Å². The third kappa shape index (κ3) is 14.2. The van der Waals surface area contributed by atoms with Crippen molar-refractivity contribution in [1.29, 1.82) is 0 Å². The predicted octanol–water partition coefficient (Wildman–Crippen LogP) is 13.4. The van der Waals surface area contributed by atoms with Gasteiger partial charge in [-0.1, -0.05) is 182 Å². The Labute approximate surface area is 454 Å². The minimum atomic E-state index is -3.73. The van der Waals surface area contributed by atoms with Crippen LogP contribution in [0.2, 0.25) is 0 Å². The summed E-state index contributed by atoms with van der Waals surface area (Å²) in [5.74, 6) is 1.97. The molecule has 0 fully saturated rings. The number of ether oxygens (including phenoxy) is 8. The Kier molecular flexibility index (Phi) is 16.8. The number of benzene rings is 9. The molecule has 0 unspecified atom stereocenters. The van der Waals surface area contributed by atoms with Crippen LogP contribution in [0.5, 0.6) is 40.2 Å². The first-order valence-electron chi connectivity index (χ1n) is 25.5. The summed E-state index contributed by atoms with van der Waals surface area (Å²) in [6, 6.07) is 70.4. The van der Waals surface area contributed by atoms with Crippen LogP contribution in [-0.2, 0) is 60.8 Å². The maximum absolute atomic E-state index is 14.8. The Morgan fingerprint density at radius 2 is 0.885 bits per heavy atom. The van der Waals surface area contributed by atoms with Crippen molar-refractivity contribution in [2.24, 2.45) is 0 Å². The van der Waals surface area contributed by atoms with Gasteiger partial charge in [0.15, 0.2) is 17.6 Å². The van der Waals surface area contributed by atoms with Gasteiger partial charge >= 0.3 is 5.97 Å². The number of carbonyl (C=O) groups is 1. The summed E-state index contributed by atoms with van der Waals surface area (Å²) < 4.78 is 80.8. The highest BCUT2D eigenvalue weighted by Crippen LogP contribution is 2.48. The zero-order chi connectivity index (χ0) is 53.5. The van der Waals surface area contributed by atoms with Crippen LogP contribution >= 0.6 is 0 Å². The van der Waals surface area contributed by atoms with Crippen molar-refractivity contribution in [1.82, 2.24) is 0 Å². The number of sulfonamides is 1. The lowest BCUT2D eigenvalue weighted by Crippen LogP contribution is -2.35. The van der Waals surface area contributed by atoms with Gasteiger partial charge in [0.2, 0.25) is 15.8 Å². The van der Waals surface area contributed by atoms with E-state index in [1.165, 1.54) is 18.2 Å². The molecular formula is C65H57NO11S. The van der Waals surface area contributed by atoms with Gasteiger partial charge in [-0.3, -0.25) is 4.72 Å². The molecule has 0 aromatic heterocycles. The van der Waals surface area contributed by atoms with E-state index >= 15 is 0 Å². The lowest BCUT2D eigenvalue weighted by Gasteiger charge is -2.35. The maximum Gasteiger partial charge on any atom is 0.338 e. The van der Waals surface area contributed by atoms with Crippen LogP contribution < -0.4 is 37.9 Å². The first-order chi connectivity index (χ1) is 38.2. The van der Waals surface area contributed by atoms with Crippen molar-refractivity contribution in [3.63, 3.8) is 0 Å². The van der Waals surface area contributed by atoms with Crippen molar-refractivity contribution in [3.05, 3.63) is 275 Å². The molecule has 13 heteroatoms. The van der Waals surface area contributed by atoms with Gasteiger partial charge in [0, 0.05) is 29.7 Å². The summed E-state index contributed by atoms with van der Waals surface area (Å²) in [5, 5.41) is 0. The molecule has 0 spiro atoms. The van der Waals surface area contributed by atoms with E-state index in [2.05, 4.69) is 4.72 Å². The predicted molar refractivity (Wildman–Crippen MR) is 299 cm³/mol. The Morgan fingerprint density at radius 1 is 0.474 bits per heavy atom. The largest absolute Gasteiger partial charge is 0.489 e. The summed E-state index contributed by atoms with van der Waals surface area (Å²) >= 11 is 0. The molecule has 1 aliphatic rings. The lowest BCUT2D eigenvalue weighted by molar-refractivity contribution is -0.0191. The molecule has 394 valence electrons. The quantitative estimate of drug-likeness (QED) is 0.0613. The first-order valence-corrected chi connectivity index (χ1v) is 27.4. The van der Waals surface area contributed by atoms with Gasteiger partial charge in [-0.05, 0) is 63.7 Å². The molecule has 12 nitrogen and oxygen atoms in total. The van der Waals surface area contributed by atoms with Crippen LogP contribution in [0.15, 0.2) is 224 Å². The standard InChI is InChI=1S/C65H57NO11S/c1-78(68,69)66-56-33-32-52(34-59(56)72-42-48-24-12-4-13-25-48)65(67)77-62-39-55-57(71-41-47-22-10-3-11-23-47)37-54(70-40-46-20-8-2-9-21-46)38-58(55)76-63(62)53-35-60(73-43-49-26-14-5-15-27-49)64(75-45-51-30-18-7-19-31-51)61(36-53)74-44-50-28-16-6-17-29-50/h2-38,62-63,66H,39-45H2,1H3/t62-,63+/m1/s1. The number of carbonyl (C=O) groups excluding carboxylic acids is 1. The number of nitrogens with one attached hydrogen (secondary N) is 1. The minimum Gasteiger partial charge on any atom is -0.489 e. The van der Waals surface area contributed by atoms with Crippen molar-refractivity contribution in [2.45, 2.75) is 58.3 Å². The number of esters is 1. The first kappa shape index (κ1) is 52.3. The Morgan fingerprint density at radius 3 is 1.33 bits per heavy atom. The molecule has 9 aromatic carbocycles. The molecule has 0 saturated heterocycles. The molecule has 0 radical (unpaired) electrons. The summed E-state index contributed by atoms with van der Waals surface area (Å²) in [7, 11) is -3.73. The molecule has 2 atom stereocenters. The molecule has 1 aliphatic heterocycles. The maximum atomic E-state index is 14.8. The fourth-order valence-electron chi connectivity index (χ4n) is 8.81. The molecule has 0 amide bonds. The molecule has 0 bridgehead atoms. The van der Waals surface area contributed by atoms with Crippen LogP contribution in [-0.4, -0.2) is 26.7 Å². The summed E-state index contributed by atoms with van der Waals surface area (Å²) in [5.41, 5.74) is 7.01. The van der Waals surface area contributed by atoms with Crippen molar-refractivity contribution >= 4 is 21.7 Å². The normalized spacial score (nSPS) is 13.7. The van der Waals surface area contributed by atoms with Crippen molar-refractivity contribution in [3.8, 4) is 40.2 Å². The zero-order valence-electron chi connectivity index (χ0n) is 42.9. The van der Waals surface area contributed by atoms with Crippen LogP contribution in [0.1, 0.15) is 61.0 Å². The molecule has 0 saturated carbocycles. The Bertz CT molecular complexity index is 3450. The van der Waals surface area contributed by atoms with E-state index in [-0.39, 0.29) is 63.1 Å². The van der Waals surface area contributed by atoms with Crippen LogP contribution in [0.3, 0.4) is 0 Å². The Hall–Kier alpha value is -9.20. The number of fused-ring (bicyclic) bond motifs is 1. The highest BCUT2D eigenvalue weighted by Gasteiger charge is 2.38. The molecule has 10 rings (SSSR count). The average Bonchev–Trinajstić information content (AvgIpc) is 3.51. The third-order valence-corrected chi connectivity index (χ3v) is 13.3. The van der Waals surface area contributed by atoms with Crippen molar-refractivity contribution in [2.75, 3.05) is 11.0 Å². The van der Waals surface area contributed by atoms with Gasteiger partial charge in [-0.15, -0.1) is 0 Å². The fraction of sp³-hybridized carbons (Fsp3) is 0.154. The minimum absolute atomic E-state index is 0.102. The fourth-order valence-corrected chi connectivity index (χ4v) is 9.38. The summed E-state index contributed by atoms with van der Waals surface area (Å²) in [6.45, 7) is 1.22. The molecule has 1 N–H and O–H groups in total. The molecule has 0 aliphatic carbocycles. The van der Waals surface area contributed by atoms with Gasteiger partial charge in [0.25, 0.3) is 0 Å². The van der Waals surface area contributed by atoms with Crippen LogP contribution in [0.25, 0.3) is 0 Å². The van der Waals surface area contributed by atoms with E-state index in [1.807, 2.05) is 206 Å². The van der Waals surface area contributed by atoms with E-state index in [1.54, 1.807) is 0 Å². The summed E-state index contributed by atoms with van der Waals surface area (Å²) in [6.07, 6.45) is -0.824. The van der Waals surface area contributed by atoms with E-state index in [9.17, 15) is 13.2 Å². The molecule has 1 heterocycles. The highest BCUT2D eigenvalue weighted by atomic mass is 32.2. The average molecular weight is 1060 g/mol. The van der Waals surface area contributed by atoms with Gasteiger partial charge < -0.3 is 37.9 Å². The van der Waals surface area contributed by atoms with Crippen molar-refractivity contribution < 1.29 is 51.1 Å². The third-order valence-electron chi connectivity index (χ3n) is 12.7. The second-order valence-corrected chi connectivity index (χ2v) is 20.4. The SMILES string of the molecule is CS(=O)(=O)Nc1ccc(C(=O)O[C@@H]2Cc3c(OCc4ccccc4)cc(OCc4ccccc4)cc3O[C@H]2c2cc(OCc3ccccc3)c(OCc3ccccc3)c(OCc3ccccc3)c2)cc1OCc1ccccc1. The van der Waals surface area contributed by atoms with E-state index in [0.29, 0.717) is 45.6 Å². The Balaban J connectivity index is 1.08. The molecule has 9 aromatic rings. The van der Waals surface area contributed by atoms with Gasteiger partial charge in [0.05, 0.1) is 17.5 Å². The smallest absolute Gasteiger partial charge is 0.338 e. The summed E-state index contributed by atoms with van der Waals surface area (Å²) in [4.78, 5) is 14.8. The van der Waals surface area contributed by atoms with Gasteiger partial charge in [-0.2, -0.15) is 0 Å². The number of anilines is 1. The van der Waals surface area contributed by atoms with E-state index in [0.717, 1.165) is 39.6 Å². The second-order valence-electron chi connectivity index (χ2n) is 18.7.